The van der Waals surface area contributed by atoms with E-state index in [1.807, 2.05) is 0 Å². The average Bonchev–Trinajstić information content (AvgIpc) is 3.41. The first kappa shape index (κ1) is 20.2. The number of amides is 1. The van der Waals surface area contributed by atoms with E-state index < -0.39 is 23.5 Å². The van der Waals surface area contributed by atoms with Gasteiger partial charge in [0.25, 0.3) is 5.91 Å². The maximum absolute atomic E-state index is 13.1. The summed E-state index contributed by atoms with van der Waals surface area (Å²) in [5.41, 5.74) is 0.761. The minimum absolute atomic E-state index is 0.0390. The topological polar surface area (TPSA) is 93.7 Å². The van der Waals surface area contributed by atoms with E-state index in [1.165, 1.54) is 17.2 Å². The van der Waals surface area contributed by atoms with Gasteiger partial charge in [-0.1, -0.05) is 12.1 Å². The normalized spacial score (nSPS) is 20.1. The van der Waals surface area contributed by atoms with E-state index in [4.69, 9.17) is 13.9 Å². The first-order valence-electron chi connectivity index (χ1n) is 9.97. The number of carbonyl (C=O) groups excluding carboxylic acids is 2. The van der Waals surface area contributed by atoms with Crippen molar-refractivity contribution in [2.45, 2.75) is 6.04 Å². The maximum Gasteiger partial charge on any atom is 0.290 e. The zero-order valence-corrected chi connectivity index (χ0v) is 16.8. The van der Waals surface area contributed by atoms with Crippen LogP contribution in [0.25, 0.3) is 0 Å². The summed E-state index contributed by atoms with van der Waals surface area (Å²) in [4.78, 5) is 28.9. The second-order valence-electron chi connectivity index (χ2n) is 7.36. The largest absolute Gasteiger partial charge is 0.503 e. The number of nitrogens with one attached hydrogen (secondary N) is 1. The van der Waals surface area contributed by atoms with Crippen molar-refractivity contribution in [2.24, 2.45) is 0 Å². The zero-order valence-electron chi connectivity index (χ0n) is 16.8. The zero-order chi connectivity index (χ0) is 21.1. The fourth-order valence-electron chi connectivity index (χ4n) is 3.98. The monoisotopic (exact) mass is 413 g/mol. The number of morpholine rings is 1. The molecule has 1 amide bonds. The Kier molecular flexibility index (Phi) is 5.87. The first-order chi connectivity index (χ1) is 14.6. The summed E-state index contributed by atoms with van der Waals surface area (Å²) < 4.78 is 15.9. The third-order valence-corrected chi connectivity index (χ3v) is 5.63. The van der Waals surface area contributed by atoms with Crippen LogP contribution in [0.3, 0.4) is 0 Å². The summed E-state index contributed by atoms with van der Waals surface area (Å²) in [6.07, 6.45) is 1.39. The van der Waals surface area contributed by atoms with Crippen molar-refractivity contribution >= 4 is 11.7 Å². The van der Waals surface area contributed by atoms with Gasteiger partial charge in [-0.2, -0.15) is 0 Å². The molecule has 0 radical (unpaired) electrons. The van der Waals surface area contributed by atoms with Crippen molar-refractivity contribution in [3.05, 3.63) is 65.3 Å². The number of hydrogen-bond donors (Lipinski definition) is 2. The highest BCUT2D eigenvalue weighted by molar-refractivity contribution is 6.15. The smallest absolute Gasteiger partial charge is 0.290 e. The van der Waals surface area contributed by atoms with Gasteiger partial charge < -0.3 is 28.8 Å². The molecule has 1 aromatic heterocycles. The second-order valence-corrected chi connectivity index (χ2v) is 7.36. The van der Waals surface area contributed by atoms with Crippen LogP contribution in [-0.2, 0) is 9.53 Å². The highest BCUT2D eigenvalue weighted by Crippen LogP contribution is 2.39. The highest BCUT2D eigenvalue weighted by atomic mass is 16.5. The van der Waals surface area contributed by atoms with Crippen LogP contribution in [0.4, 0.5) is 0 Å². The average molecular weight is 413 g/mol. The van der Waals surface area contributed by atoms with E-state index in [9.17, 15) is 14.7 Å². The minimum Gasteiger partial charge on any atom is -0.503 e. The fourth-order valence-corrected chi connectivity index (χ4v) is 3.98. The van der Waals surface area contributed by atoms with Crippen LogP contribution in [0, 0.1) is 0 Å². The number of carbonyl (C=O) groups is 2. The van der Waals surface area contributed by atoms with Gasteiger partial charge in [0, 0.05) is 0 Å². The molecule has 0 spiro atoms. The van der Waals surface area contributed by atoms with Gasteiger partial charge >= 0.3 is 0 Å². The molecule has 1 atom stereocenters. The van der Waals surface area contributed by atoms with Crippen molar-refractivity contribution in [3.63, 3.8) is 0 Å². The highest BCUT2D eigenvalue weighted by Gasteiger charge is 2.44. The van der Waals surface area contributed by atoms with E-state index in [2.05, 4.69) is 0 Å². The maximum atomic E-state index is 13.1. The van der Waals surface area contributed by atoms with E-state index in [1.54, 1.807) is 42.3 Å². The number of furan rings is 1. The third-order valence-electron chi connectivity index (χ3n) is 5.63. The predicted octanol–water partition coefficient (Wildman–Crippen LogP) is 0.782. The Morgan fingerprint density at radius 1 is 1.23 bits per heavy atom. The molecule has 1 aromatic carbocycles. The SMILES string of the molecule is COc1ccc([C@H]2C(C(=O)c3ccco3)=C(O)C(=O)N2CC[NH+]2CCOCC2)cc1. The lowest BCUT2D eigenvalue weighted by atomic mass is 9.95. The molecule has 30 heavy (non-hydrogen) atoms. The minimum atomic E-state index is -0.693. The number of nitrogens with zero attached hydrogens (tertiary/aromatic N) is 1. The standard InChI is InChI=1S/C22H24N2O6/c1-28-16-6-4-15(5-7-16)19-18(20(25)17-3-2-12-30-17)21(26)22(27)24(19)9-8-23-10-13-29-14-11-23/h2-7,12,19,26H,8-11,13-14H2,1H3/p+1/t19-/m0/s1. The van der Waals surface area contributed by atoms with E-state index >= 15 is 0 Å². The molecule has 2 N–H and O–H groups in total. The number of hydrogen-bond acceptors (Lipinski definition) is 6. The van der Waals surface area contributed by atoms with E-state index in [-0.39, 0.29) is 11.3 Å². The second kappa shape index (κ2) is 8.73. The number of quaternary nitrogens is 1. The molecule has 2 aromatic rings. The summed E-state index contributed by atoms with van der Waals surface area (Å²) in [6, 6.07) is 9.59. The summed E-state index contributed by atoms with van der Waals surface area (Å²) in [5.74, 6) is -0.802. The number of methoxy groups -OCH3 is 1. The summed E-state index contributed by atoms with van der Waals surface area (Å²) in [7, 11) is 1.57. The van der Waals surface area contributed by atoms with Crippen LogP contribution in [0.2, 0.25) is 0 Å². The molecule has 158 valence electrons. The molecule has 2 aliphatic rings. The van der Waals surface area contributed by atoms with Crippen LogP contribution in [-0.4, -0.2) is 68.2 Å². The Labute approximate surface area is 174 Å². The summed E-state index contributed by atoms with van der Waals surface area (Å²) in [5, 5.41) is 10.6. The van der Waals surface area contributed by atoms with Crippen LogP contribution < -0.4 is 9.64 Å². The number of benzene rings is 1. The molecule has 8 heteroatoms. The number of ketones is 1. The summed E-state index contributed by atoms with van der Waals surface area (Å²) in [6.45, 7) is 4.23. The molecule has 4 rings (SSSR count). The number of rotatable bonds is 7. The molecule has 2 aliphatic heterocycles. The number of aliphatic hydroxyl groups excluding tert-OH is 1. The Balaban J connectivity index is 1.66. The molecule has 0 aliphatic carbocycles. The molecule has 3 heterocycles. The predicted molar refractivity (Wildman–Crippen MR) is 107 cm³/mol. The van der Waals surface area contributed by atoms with Gasteiger partial charge in [0.1, 0.15) is 18.8 Å². The van der Waals surface area contributed by atoms with Crippen molar-refractivity contribution in [2.75, 3.05) is 46.5 Å². The molecule has 8 nitrogen and oxygen atoms in total. The first-order valence-corrected chi connectivity index (χ1v) is 9.97. The number of aliphatic hydroxyl groups is 1. The fraction of sp³-hybridized carbons (Fsp3) is 0.364. The van der Waals surface area contributed by atoms with Gasteiger partial charge in [0.15, 0.2) is 11.5 Å². The number of Topliss-reactive ketones (excluding diaryl/α,β-unsaturated/α-hetero) is 1. The van der Waals surface area contributed by atoms with Gasteiger partial charge in [0.2, 0.25) is 5.78 Å². The Morgan fingerprint density at radius 2 is 1.97 bits per heavy atom. The quantitative estimate of drug-likeness (QED) is 0.652. The van der Waals surface area contributed by atoms with Crippen molar-refractivity contribution in [1.29, 1.82) is 0 Å². The van der Waals surface area contributed by atoms with Crippen molar-refractivity contribution in [3.8, 4) is 5.75 Å². The number of ether oxygens (including phenoxy) is 2. The molecular weight excluding hydrogens is 388 g/mol. The third kappa shape index (κ3) is 3.83. The van der Waals surface area contributed by atoms with Crippen LogP contribution in [0.15, 0.2) is 58.4 Å². The molecular formula is C22H25N2O6+. The van der Waals surface area contributed by atoms with Crippen LogP contribution in [0.5, 0.6) is 5.75 Å². The molecule has 0 unspecified atom stereocenters. The van der Waals surface area contributed by atoms with E-state index in [0.29, 0.717) is 32.1 Å². The lowest BCUT2D eigenvalue weighted by Gasteiger charge is -2.30. The molecule has 0 saturated carbocycles. The van der Waals surface area contributed by atoms with Gasteiger partial charge in [-0.25, -0.2) is 0 Å². The Hall–Kier alpha value is -3.10. The van der Waals surface area contributed by atoms with Gasteiger partial charge in [-0.05, 0) is 29.8 Å². The molecule has 1 fully saturated rings. The molecule has 0 bridgehead atoms. The van der Waals surface area contributed by atoms with Crippen LogP contribution >= 0.6 is 0 Å². The Bertz CT molecular complexity index is 929. The van der Waals surface area contributed by atoms with Crippen LogP contribution in [0.1, 0.15) is 22.2 Å². The van der Waals surface area contributed by atoms with Gasteiger partial charge in [-0.15, -0.1) is 0 Å². The van der Waals surface area contributed by atoms with Gasteiger partial charge in [0.05, 0.1) is 51.3 Å². The lowest BCUT2D eigenvalue weighted by molar-refractivity contribution is -0.907. The molecule has 1 saturated heterocycles. The summed E-state index contributed by atoms with van der Waals surface area (Å²) >= 11 is 0. The van der Waals surface area contributed by atoms with E-state index in [0.717, 1.165) is 18.7 Å². The lowest BCUT2D eigenvalue weighted by Crippen LogP contribution is -3.14. The van der Waals surface area contributed by atoms with Crippen molar-refractivity contribution in [1.82, 2.24) is 4.90 Å². The van der Waals surface area contributed by atoms with Gasteiger partial charge in [-0.3, -0.25) is 9.59 Å². The van der Waals surface area contributed by atoms with Crippen molar-refractivity contribution < 1.29 is 33.5 Å². The Morgan fingerprint density at radius 3 is 2.60 bits per heavy atom.